The number of likely N-dealkylation sites (tertiary alicyclic amines) is 1. The third kappa shape index (κ3) is 6.19. The van der Waals surface area contributed by atoms with Gasteiger partial charge in [-0.2, -0.15) is 0 Å². The number of halogens is 2. The van der Waals surface area contributed by atoms with Crippen molar-refractivity contribution in [2.24, 2.45) is 10.7 Å². The summed E-state index contributed by atoms with van der Waals surface area (Å²) in [5.41, 5.74) is 6.99. The first-order valence-corrected chi connectivity index (χ1v) is 12.4. The van der Waals surface area contributed by atoms with E-state index in [0.717, 1.165) is 6.07 Å². The highest BCUT2D eigenvalue weighted by Gasteiger charge is 2.47. The van der Waals surface area contributed by atoms with Crippen LogP contribution in [-0.4, -0.2) is 65.6 Å². The van der Waals surface area contributed by atoms with E-state index in [-0.39, 0.29) is 22.4 Å². The molecule has 0 aromatic heterocycles. The van der Waals surface area contributed by atoms with Gasteiger partial charge in [0, 0.05) is 67.3 Å². The van der Waals surface area contributed by atoms with E-state index in [1.165, 1.54) is 29.2 Å². The van der Waals surface area contributed by atoms with Crippen LogP contribution in [0, 0.1) is 11.6 Å². The molecule has 2 aliphatic heterocycles. The van der Waals surface area contributed by atoms with Gasteiger partial charge in [-0.15, -0.1) is 0 Å². The predicted octanol–water partition coefficient (Wildman–Crippen LogP) is 4.69. The number of carbonyl (C=O) groups excluding carboxylic acids is 1. The molecule has 8 nitrogen and oxygen atoms in total. The quantitative estimate of drug-likeness (QED) is 0.529. The van der Waals surface area contributed by atoms with Gasteiger partial charge >= 0.3 is 12.1 Å². The fourth-order valence-electron chi connectivity index (χ4n) is 4.57. The Kier molecular flexibility index (Phi) is 7.55. The topological polar surface area (TPSA) is 108 Å². The van der Waals surface area contributed by atoms with E-state index >= 15 is 0 Å². The SMILES string of the molecule is CC(C)(C)N=CC(CN1CCC2(CC1)CN(c1ccc(C(=O)O)cc1)C(=O)O2)=C(N)c1ccc(F)cc1F. The van der Waals surface area contributed by atoms with E-state index in [4.69, 9.17) is 15.6 Å². The summed E-state index contributed by atoms with van der Waals surface area (Å²) in [5.74, 6) is -2.45. The average Bonchev–Trinajstić information content (AvgIpc) is 3.17. The number of rotatable bonds is 6. The Morgan fingerprint density at radius 3 is 2.39 bits per heavy atom. The normalized spacial score (nSPS) is 18.7. The van der Waals surface area contributed by atoms with Crippen LogP contribution in [0.3, 0.4) is 0 Å². The first-order valence-electron chi connectivity index (χ1n) is 12.4. The number of hydrogen-bond donors (Lipinski definition) is 2. The summed E-state index contributed by atoms with van der Waals surface area (Å²) in [5, 5.41) is 9.11. The van der Waals surface area contributed by atoms with Crippen molar-refractivity contribution in [2.75, 3.05) is 31.1 Å². The molecule has 10 heteroatoms. The smallest absolute Gasteiger partial charge is 0.415 e. The summed E-state index contributed by atoms with van der Waals surface area (Å²) < 4.78 is 33.8. The molecule has 0 bridgehead atoms. The molecule has 0 radical (unpaired) electrons. The maximum Gasteiger partial charge on any atom is 0.415 e. The number of aliphatic imine (C=N–C) groups is 1. The molecule has 2 fully saturated rings. The molecule has 1 spiro atoms. The summed E-state index contributed by atoms with van der Waals surface area (Å²) in [4.78, 5) is 32.0. The predicted molar refractivity (Wildman–Crippen MR) is 141 cm³/mol. The third-order valence-corrected chi connectivity index (χ3v) is 6.73. The van der Waals surface area contributed by atoms with Crippen LogP contribution in [0.15, 0.2) is 53.0 Å². The molecule has 2 aliphatic rings. The summed E-state index contributed by atoms with van der Waals surface area (Å²) in [7, 11) is 0. The molecule has 0 aliphatic carbocycles. The van der Waals surface area contributed by atoms with Gasteiger partial charge in [-0.3, -0.25) is 14.8 Å². The Labute approximate surface area is 220 Å². The number of carboxylic acids is 1. The number of carboxylic acid groups (broad SMARTS) is 1. The fourth-order valence-corrected chi connectivity index (χ4v) is 4.57. The third-order valence-electron chi connectivity index (χ3n) is 6.73. The number of benzene rings is 2. The van der Waals surface area contributed by atoms with Crippen molar-refractivity contribution in [3.63, 3.8) is 0 Å². The minimum absolute atomic E-state index is 0.115. The number of ether oxygens (including phenoxy) is 1. The number of aromatic carboxylic acids is 1. The van der Waals surface area contributed by atoms with Crippen LogP contribution >= 0.6 is 0 Å². The van der Waals surface area contributed by atoms with Crippen molar-refractivity contribution in [1.29, 1.82) is 0 Å². The first-order chi connectivity index (χ1) is 17.9. The van der Waals surface area contributed by atoms with E-state index in [2.05, 4.69) is 9.89 Å². The Bertz CT molecular complexity index is 1280. The number of nitrogens with zero attached hydrogens (tertiary/aromatic N) is 3. The van der Waals surface area contributed by atoms with Gasteiger partial charge in [0.1, 0.15) is 17.2 Å². The summed E-state index contributed by atoms with van der Waals surface area (Å²) >= 11 is 0. The maximum atomic E-state index is 14.5. The van der Waals surface area contributed by atoms with E-state index in [1.54, 1.807) is 18.3 Å². The van der Waals surface area contributed by atoms with Gasteiger partial charge in [-0.05, 0) is 57.2 Å². The van der Waals surface area contributed by atoms with Gasteiger partial charge in [0.25, 0.3) is 0 Å². The highest BCUT2D eigenvalue weighted by molar-refractivity contribution is 5.93. The van der Waals surface area contributed by atoms with Crippen LogP contribution in [-0.2, 0) is 4.74 Å². The number of piperidine rings is 1. The Balaban J connectivity index is 1.48. The number of nitrogens with two attached hydrogens (primary N) is 1. The van der Waals surface area contributed by atoms with Crippen LogP contribution in [0.1, 0.15) is 49.5 Å². The van der Waals surface area contributed by atoms with Crippen LogP contribution < -0.4 is 10.6 Å². The number of anilines is 1. The van der Waals surface area contributed by atoms with Gasteiger partial charge in [-0.25, -0.2) is 18.4 Å². The molecule has 2 heterocycles. The van der Waals surface area contributed by atoms with Gasteiger partial charge in [0.15, 0.2) is 0 Å². The van der Waals surface area contributed by atoms with E-state index in [1.807, 2.05) is 20.8 Å². The lowest BCUT2D eigenvalue weighted by Crippen LogP contribution is -2.47. The molecule has 3 N–H and O–H groups in total. The highest BCUT2D eigenvalue weighted by atomic mass is 19.1. The Morgan fingerprint density at radius 2 is 1.82 bits per heavy atom. The van der Waals surface area contributed by atoms with Crippen molar-refractivity contribution < 1.29 is 28.2 Å². The second kappa shape index (κ2) is 10.5. The van der Waals surface area contributed by atoms with E-state index < -0.39 is 29.3 Å². The van der Waals surface area contributed by atoms with E-state index in [0.29, 0.717) is 50.3 Å². The van der Waals surface area contributed by atoms with Crippen molar-refractivity contribution in [1.82, 2.24) is 4.90 Å². The highest BCUT2D eigenvalue weighted by Crippen LogP contribution is 2.36. The number of carbonyl (C=O) groups is 2. The number of amides is 1. The standard InChI is InChI=1S/C28H32F2N4O4/c1-27(2,3)32-15-19(24(31)22-9-6-20(29)14-23(22)30)16-33-12-10-28(11-13-33)17-34(26(37)38-28)21-7-4-18(5-8-21)25(35)36/h4-9,14-15H,10-13,16-17,31H2,1-3H3,(H,35,36). The molecule has 4 rings (SSSR count). The molecule has 38 heavy (non-hydrogen) atoms. The van der Waals surface area contributed by atoms with Crippen LogP contribution in [0.4, 0.5) is 19.3 Å². The molecule has 2 aromatic carbocycles. The lowest BCUT2D eigenvalue weighted by atomic mass is 9.90. The van der Waals surface area contributed by atoms with Crippen molar-refractivity contribution in [3.8, 4) is 0 Å². The molecule has 0 atom stereocenters. The van der Waals surface area contributed by atoms with E-state index in [9.17, 15) is 18.4 Å². The Hall–Kier alpha value is -3.79. The zero-order valence-corrected chi connectivity index (χ0v) is 21.7. The monoisotopic (exact) mass is 526 g/mol. The lowest BCUT2D eigenvalue weighted by Gasteiger charge is -2.37. The Morgan fingerprint density at radius 1 is 1.16 bits per heavy atom. The molecule has 0 unspecified atom stereocenters. The van der Waals surface area contributed by atoms with Crippen LogP contribution in [0.5, 0.6) is 0 Å². The van der Waals surface area contributed by atoms with Crippen molar-refractivity contribution in [3.05, 3.63) is 70.8 Å². The van der Waals surface area contributed by atoms with Gasteiger partial charge in [0.2, 0.25) is 0 Å². The maximum absolute atomic E-state index is 14.5. The molecular weight excluding hydrogens is 494 g/mol. The molecular formula is C28H32F2N4O4. The second-order valence-corrected chi connectivity index (χ2v) is 10.8. The van der Waals surface area contributed by atoms with Crippen molar-refractivity contribution >= 4 is 29.7 Å². The minimum atomic E-state index is -1.03. The van der Waals surface area contributed by atoms with Crippen molar-refractivity contribution in [2.45, 2.75) is 44.8 Å². The van der Waals surface area contributed by atoms with Crippen LogP contribution in [0.25, 0.3) is 5.70 Å². The van der Waals surface area contributed by atoms with Gasteiger partial charge in [0.05, 0.1) is 17.6 Å². The summed E-state index contributed by atoms with van der Waals surface area (Å²) in [6, 6.07) is 9.42. The molecule has 2 saturated heterocycles. The zero-order valence-electron chi connectivity index (χ0n) is 21.7. The first kappa shape index (κ1) is 27.3. The zero-order chi connectivity index (χ0) is 27.7. The van der Waals surface area contributed by atoms with Gasteiger partial charge < -0.3 is 15.6 Å². The molecule has 202 valence electrons. The average molecular weight is 527 g/mol. The van der Waals surface area contributed by atoms with Crippen LogP contribution in [0.2, 0.25) is 0 Å². The summed E-state index contributed by atoms with van der Waals surface area (Å²) in [6.07, 6.45) is 2.35. The largest absolute Gasteiger partial charge is 0.478 e. The number of hydrogen-bond acceptors (Lipinski definition) is 6. The van der Waals surface area contributed by atoms with Gasteiger partial charge in [-0.1, -0.05) is 0 Å². The minimum Gasteiger partial charge on any atom is -0.478 e. The molecule has 2 aromatic rings. The second-order valence-electron chi connectivity index (χ2n) is 10.8. The molecule has 1 amide bonds. The lowest BCUT2D eigenvalue weighted by molar-refractivity contribution is 0.00334. The molecule has 0 saturated carbocycles. The summed E-state index contributed by atoms with van der Waals surface area (Å²) in [6.45, 7) is 7.79. The fraction of sp³-hybridized carbons (Fsp3) is 0.393.